The number of allylic oxidation sites excluding steroid dienone is 4. The highest BCUT2D eigenvalue weighted by molar-refractivity contribution is 6.06. The number of hydrogen-bond acceptors (Lipinski definition) is 5. The summed E-state index contributed by atoms with van der Waals surface area (Å²) < 4.78 is 1.77. The van der Waals surface area contributed by atoms with Crippen molar-refractivity contribution in [1.29, 1.82) is 0 Å². The van der Waals surface area contributed by atoms with Crippen LogP contribution in [-0.2, 0) is 13.0 Å². The molecule has 3 rings (SSSR count). The van der Waals surface area contributed by atoms with Gasteiger partial charge >= 0.3 is 0 Å². The monoisotopic (exact) mass is 460 g/mol. The fraction of sp³-hybridized carbons (Fsp3) is 0.308. The molecule has 0 spiro atoms. The Bertz CT molecular complexity index is 1330. The van der Waals surface area contributed by atoms with E-state index in [0.29, 0.717) is 33.4 Å². The first kappa shape index (κ1) is 24.7. The Balaban J connectivity index is 2.03. The molecule has 0 unspecified atom stereocenters. The molecule has 0 aliphatic carbocycles. The van der Waals surface area contributed by atoms with Crippen LogP contribution in [0.15, 0.2) is 54.1 Å². The van der Waals surface area contributed by atoms with E-state index in [0.717, 1.165) is 24.1 Å². The zero-order chi connectivity index (χ0) is 24.8. The molecule has 0 saturated heterocycles. The van der Waals surface area contributed by atoms with E-state index in [9.17, 15) is 9.59 Å². The highest BCUT2D eigenvalue weighted by Crippen LogP contribution is 2.25. The average Bonchev–Trinajstić information content (AvgIpc) is 3.22. The molecular formula is C26H32N6O2. The van der Waals surface area contributed by atoms with Crippen LogP contribution in [0.5, 0.6) is 0 Å². The minimum Gasteiger partial charge on any atom is -0.405 e. The number of hydrogen-bond donors (Lipinski definition) is 3. The normalized spacial score (nSPS) is 12.1. The fourth-order valence-corrected chi connectivity index (χ4v) is 3.86. The van der Waals surface area contributed by atoms with E-state index in [1.54, 1.807) is 35.2 Å². The first-order valence-corrected chi connectivity index (χ1v) is 11.4. The number of fused-ring (bicyclic) bond motifs is 1. The molecule has 0 aliphatic heterocycles. The first-order valence-electron chi connectivity index (χ1n) is 11.4. The Kier molecular flexibility index (Phi) is 7.83. The standard InChI is InChI=1S/C26H32N6O2/c1-6-8-18(10-11-27)23-13-20(22-15-29-32(16(3)4)24(22)31-23)25(33)28-14-21-17(5)12-19(9-7-2)30-26(21)34/h6,8,10-13,15-16H,1,7,9,14,27H2,2-5H3,(H,28,33)(H,30,34)/b11-10-,18-8+. The van der Waals surface area contributed by atoms with E-state index in [1.165, 1.54) is 6.20 Å². The first-order chi connectivity index (χ1) is 16.3. The second kappa shape index (κ2) is 10.8. The number of nitrogens with one attached hydrogen (secondary N) is 2. The minimum absolute atomic E-state index is 0.0517. The summed E-state index contributed by atoms with van der Waals surface area (Å²) in [4.78, 5) is 33.6. The topological polar surface area (TPSA) is 119 Å². The maximum atomic E-state index is 13.3. The van der Waals surface area contributed by atoms with Crippen LogP contribution in [0, 0.1) is 6.92 Å². The SMILES string of the molecule is C=C/C=C(\C=C/N)c1cc(C(=O)NCc2c(C)cc(CCC)[nH]c2=O)c2cnn(C(C)C)c2n1. The number of aryl methyl sites for hydroxylation is 2. The Hall–Kier alpha value is -3.94. The molecule has 0 bridgehead atoms. The summed E-state index contributed by atoms with van der Waals surface area (Å²) >= 11 is 0. The zero-order valence-corrected chi connectivity index (χ0v) is 20.2. The van der Waals surface area contributed by atoms with Crippen molar-refractivity contribution in [2.24, 2.45) is 5.73 Å². The lowest BCUT2D eigenvalue weighted by Crippen LogP contribution is -2.28. The molecule has 8 nitrogen and oxygen atoms in total. The largest absolute Gasteiger partial charge is 0.405 e. The van der Waals surface area contributed by atoms with Gasteiger partial charge in [0.2, 0.25) is 0 Å². The molecule has 0 fully saturated rings. The predicted octanol–water partition coefficient (Wildman–Crippen LogP) is 3.93. The van der Waals surface area contributed by atoms with Crippen molar-refractivity contribution in [3.63, 3.8) is 0 Å². The van der Waals surface area contributed by atoms with Crippen LogP contribution in [-0.4, -0.2) is 25.7 Å². The highest BCUT2D eigenvalue weighted by atomic mass is 16.1. The summed E-state index contributed by atoms with van der Waals surface area (Å²) in [5.41, 5.74) is 10.0. The fourth-order valence-electron chi connectivity index (χ4n) is 3.86. The van der Waals surface area contributed by atoms with E-state index in [1.807, 2.05) is 26.8 Å². The van der Waals surface area contributed by atoms with Gasteiger partial charge in [-0.25, -0.2) is 9.67 Å². The van der Waals surface area contributed by atoms with Gasteiger partial charge in [0.15, 0.2) is 5.65 Å². The van der Waals surface area contributed by atoms with Crippen molar-refractivity contribution in [1.82, 2.24) is 25.1 Å². The summed E-state index contributed by atoms with van der Waals surface area (Å²) in [5.74, 6) is -0.317. The number of carbonyl (C=O) groups excluding carboxylic acids is 1. The van der Waals surface area contributed by atoms with Gasteiger partial charge in [0.25, 0.3) is 11.5 Å². The van der Waals surface area contributed by atoms with Gasteiger partial charge in [-0.05, 0) is 57.2 Å². The van der Waals surface area contributed by atoms with Gasteiger partial charge in [-0.15, -0.1) is 0 Å². The van der Waals surface area contributed by atoms with Gasteiger partial charge in [0, 0.05) is 29.4 Å². The number of H-pyrrole nitrogens is 1. The van der Waals surface area contributed by atoms with Gasteiger partial charge in [-0.2, -0.15) is 5.10 Å². The van der Waals surface area contributed by atoms with E-state index in [-0.39, 0.29) is 24.1 Å². The number of amides is 1. The van der Waals surface area contributed by atoms with Crippen molar-refractivity contribution in [3.8, 4) is 0 Å². The second-order valence-electron chi connectivity index (χ2n) is 8.41. The number of aromatic amines is 1. The van der Waals surface area contributed by atoms with Gasteiger partial charge < -0.3 is 16.0 Å². The quantitative estimate of drug-likeness (QED) is 0.418. The van der Waals surface area contributed by atoms with Crippen LogP contribution in [0.1, 0.15) is 66.1 Å². The van der Waals surface area contributed by atoms with Crippen LogP contribution in [0.4, 0.5) is 0 Å². The minimum atomic E-state index is -0.317. The lowest BCUT2D eigenvalue weighted by Gasteiger charge is -2.12. The van der Waals surface area contributed by atoms with Crippen molar-refractivity contribution in [2.45, 2.75) is 53.1 Å². The van der Waals surface area contributed by atoms with Crippen LogP contribution in [0.2, 0.25) is 0 Å². The Morgan fingerprint density at radius 1 is 1.35 bits per heavy atom. The molecule has 0 saturated carbocycles. The summed E-state index contributed by atoms with van der Waals surface area (Å²) in [6, 6.07) is 3.73. The summed E-state index contributed by atoms with van der Waals surface area (Å²) in [6.07, 6.45) is 9.92. The molecule has 8 heteroatoms. The predicted molar refractivity (Wildman–Crippen MR) is 136 cm³/mol. The van der Waals surface area contributed by atoms with E-state index < -0.39 is 0 Å². The third-order valence-corrected chi connectivity index (χ3v) is 5.53. The maximum Gasteiger partial charge on any atom is 0.253 e. The molecule has 3 aromatic rings. The Morgan fingerprint density at radius 3 is 2.74 bits per heavy atom. The molecule has 1 amide bonds. The molecule has 0 aliphatic rings. The smallest absolute Gasteiger partial charge is 0.253 e. The van der Waals surface area contributed by atoms with Crippen molar-refractivity contribution < 1.29 is 4.79 Å². The maximum absolute atomic E-state index is 13.3. The zero-order valence-electron chi connectivity index (χ0n) is 20.2. The second-order valence-corrected chi connectivity index (χ2v) is 8.41. The molecule has 0 aromatic carbocycles. The lowest BCUT2D eigenvalue weighted by molar-refractivity contribution is 0.0952. The van der Waals surface area contributed by atoms with Crippen molar-refractivity contribution in [2.75, 3.05) is 0 Å². The van der Waals surface area contributed by atoms with Gasteiger partial charge in [-0.1, -0.05) is 32.1 Å². The summed E-state index contributed by atoms with van der Waals surface area (Å²) in [7, 11) is 0. The molecular weight excluding hydrogens is 428 g/mol. The number of aromatic nitrogens is 4. The Labute approximate surface area is 199 Å². The van der Waals surface area contributed by atoms with Crippen LogP contribution in [0.3, 0.4) is 0 Å². The molecule has 3 aromatic heterocycles. The number of pyridine rings is 2. The molecule has 0 atom stereocenters. The molecule has 178 valence electrons. The summed E-state index contributed by atoms with van der Waals surface area (Å²) in [5, 5.41) is 7.98. The molecule has 4 N–H and O–H groups in total. The summed E-state index contributed by atoms with van der Waals surface area (Å²) in [6.45, 7) is 11.8. The van der Waals surface area contributed by atoms with E-state index >= 15 is 0 Å². The number of nitrogens with zero attached hydrogens (tertiary/aromatic N) is 3. The third kappa shape index (κ3) is 5.17. The lowest BCUT2D eigenvalue weighted by atomic mass is 10.1. The Morgan fingerprint density at radius 2 is 2.12 bits per heavy atom. The van der Waals surface area contributed by atoms with E-state index in [4.69, 9.17) is 10.7 Å². The van der Waals surface area contributed by atoms with Gasteiger partial charge in [0.05, 0.1) is 22.8 Å². The number of rotatable bonds is 9. The van der Waals surface area contributed by atoms with Crippen LogP contribution < -0.4 is 16.6 Å². The van der Waals surface area contributed by atoms with Gasteiger partial charge in [0.1, 0.15) is 0 Å². The molecule has 3 heterocycles. The average molecular weight is 461 g/mol. The number of carbonyl (C=O) groups is 1. The van der Waals surface area contributed by atoms with Crippen LogP contribution >= 0.6 is 0 Å². The highest BCUT2D eigenvalue weighted by Gasteiger charge is 2.19. The van der Waals surface area contributed by atoms with Crippen molar-refractivity contribution >= 4 is 22.5 Å². The molecule has 34 heavy (non-hydrogen) atoms. The van der Waals surface area contributed by atoms with Crippen molar-refractivity contribution in [3.05, 3.63) is 87.8 Å². The number of nitrogens with two attached hydrogens (primary N) is 1. The van der Waals surface area contributed by atoms with E-state index in [2.05, 4.69) is 28.9 Å². The third-order valence-electron chi connectivity index (χ3n) is 5.53. The van der Waals surface area contributed by atoms with Crippen LogP contribution in [0.25, 0.3) is 16.6 Å². The van der Waals surface area contributed by atoms with Gasteiger partial charge in [-0.3, -0.25) is 9.59 Å². The molecule has 0 radical (unpaired) electrons.